The lowest BCUT2D eigenvalue weighted by atomic mass is 10.1. The highest BCUT2D eigenvalue weighted by Crippen LogP contribution is 1.95. The van der Waals surface area contributed by atoms with E-state index >= 15 is 0 Å². The minimum atomic E-state index is 0.374. The molecule has 3 heteroatoms. The van der Waals surface area contributed by atoms with Gasteiger partial charge >= 0.3 is 0 Å². The molecule has 0 aliphatic heterocycles. The third-order valence-electron chi connectivity index (χ3n) is 0.994. The van der Waals surface area contributed by atoms with Crippen molar-refractivity contribution in [2.75, 3.05) is 0 Å². The number of hydrogen-bond donors (Lipinski definition) is 2. The largest absolute Gasteiger partial charge is 0.245 e. The third kappa shape index (κ3) is 2.87. The fraction of sp³-hybridized carbons (Fsp3) is 0.500. The average molecular weight is 127 g/mol. The molecule has 0 bridgehead atoms. The predicted octanol–water partition coefficient (Wildman–Crippen LogP) is 0.648. The Balaban J connectivity index is 3.97. The number of nitrogens with zero attached hydrogens (tertiary/aromatic N) is 1. The summed E-state index contributed by atoms with van der Waals surface area (Å²) in [7, 11) is 0. The molecule has 0 unspecified atom stereocenters. The van der Waals surface area contributed by atoms with E-state index in [1.54, 1.807) is 6.08 Å². The van der Waals surface area contributed by atoms with E-state index in [1.165, 1.54) is 0 Å². The monoisotopic (exact) mass is 127 g/mol. The molecule has 9 heavy (non-hydrogen) atoms. The van der Waals surface area contributed by atoms with Gasteiger partial charge in [-0.3, -0.25) is 0 Å². The lowest BCUT2D eigenvalue weighted by molar-refractivity contribution is 0.776. The van der Waals surface area contributed by atoms with E-state index < -0.39 is 0 Å². The number of nitrogens with one attached hydrogen (secondary N) is 1. The molecule has 0 saturated carbocycles. The molecule has 0 saturated heterocycles. The van der Waals surface area contributed by atoms with Gasteiger partial charge in [0.15, 0.2) is 0 Å². The van der Waals surface area contributed by atoms with Crippen LogP contribution in [-0.4, -0.2) is 5.71 Å². The molecule has 0 heterocycles. The normalized spacial score (nSPS) is 11.8. The molecule has 3 N–H and O–H groups in total. The van der Waals surface area contributed by atoms with Gasteiger partial charge in [-0.15, -0.1) is 0 Å². The van der Waals surface area contributed by atoms with Crippen molar-refractivity contribution in [3.8, 4) is 0 Å². The zero-order valence-corrected chi connectivity index (χ0v) is 5.89. The van der Waals surface area contributed by atoms with E-state index in [4.69, 9.17) is 5.84 Å². The van der Waals surface area contributed by atoms with Gasteiger partial charge < -0.3 is 0 Å². The number of hydrazone groups is 1. The summed E-state index contributed by atoms with van der Waals surface area (Å²) in [5.41, 5.74) is 3.09. The molecule has 0 aliphatic rings. The van der Waals surface area contributed by atoms with Gasteiger partial charge in [0.1, 0.15) is 0 Å². The smallest absolute Gasteiger partial charge is 0.0638 e. The number of hydrogen-bond acceptors (Lipinski definition) is 3. The summed E-state index contributed by atoms with van der Waals surface area (Å²) in [6.07, 6.45) is 1.69. The minimum Gasteiger partial charge on any atom is -0.245 e. The summed E-state index contributed by atoms with van der Waals surface area (Å²) in [4.78, 5) is 0. The maximum Gasteiger partial charge on any atom is 0.0638 e. The van der Waals surface area contributed by atoms with Crippen LogP contribution in [0.3, 0.4) is 0 Å². The molecule has 0 aromatic rings. The maximum atomic E-state index is 4.96. The molecular weight excluding hydrogens is 114 g/mol. The van der Waals surface area contributed by atoms with Gasteiger partial charge in [-0.1, -0.05) is 20.4 Å². The first-order valence-electron chi connectivity index (χ1n) is 2.88. The van der Waals surface area contributed by atoms with Crippen molar-refractivity contribution in [1.29, 1.82) is 0 Å². The summed E-state index contributed by atoms with van der Waals surface area (Å²) in [5, 5.41) is 3.77. The van der Waals surface area contributed by atoms with Crippen molar-refractivity contribution in [2.24, 2.45) is 16.9 Å². The number of rotatable bonds is 3. The highest BCUT2D eigenvalue weighted by Gasteiger charge is 1.97. The van der Waals surface area contributed by atoms with Crippen LogP contribution >= 0.6 is 0 Å². The molecule has 0 aromatic carbocycles. The van der Waals surface area contributed by atoms with Crippen LogP contribution in [0.25, 0.3) is 0 Å². The molecule has 0 radical (unpaired) electrons. The molecule has 0 rings (SSSR count). The van der Waals surface area contributed by atoms with Crippen LogP contribution in [-0.2, 0) is 0 Å². The van der Waals surface area contributed by atoms with Gasteiger partial charge in [0.05, 0.1) is 5.71 Å². The second kappa shape index (κ2) is 4.09. The summed E-state index contributed by atoms with van der Waals surface area (Å²) < 4.78 is 0. The molecule has 52 valence electrons. The molecule has 0 aromatic heterocycles. The van der Waals surface area contributed by atoms with Gasteiger partial charge in [0, 0.05) is 0 Å². The lowest BCUT2D eigenvalue weighted by Crippen LogP contribution is -2.18. The molecule has 3 nitrogen and oxygen atoms in total. The standard InChI is InChI=1S/C6H13N3/c1-4-6(5(2)3)8-9-7/h4-5,9H,1,7H2,2-3H3/b8-6+. The summed E-state index contributed by atoms with van der Waals surface area (Å²) in [5.74, 6) is 5.33. The van der Waals surface area contributed by atoms with Gasteiger partial charge in [-0.2, -0.15) is 5.10 Å². The fourth-order valence-electron chi connectivity index (χ4n) is 0.485. The van der Waals surface area contributed by atoms with E-state index in [2.05, 4.69) is 17.2 Å². The van der Waals surface area contributed by atoms with Gasteiger partial charge in [-0.05, 0) is 12.0 Å². The summed E-state index contributed by atoms with van der Waals surface area (Å²) >= 11 is 0. The van der Waals surface area contributed by atoms with Crippen LogP contribution in [0.5, 0.6) is 0 Å². The third-order valence-corrected chi connectivity index (χ3v) is 0.994. The summed E-state index contributed by atoms with van der Waals surface area (Å²) in [6.45, 7) is 7.63. The van der Waals surface area contributed by atoms with Crippen molar-refractivity contribution >= 4 is 5.71 Å². The molecular formula is C6H13N3. The van der Waals surface area contributed by atoms with E-state index in [1.807, 2.05) is 13.8 Å². The van der Waals surface area contributed by atoms with Crippen molar-refractivity contribution in [2.45, 2.75) is 13.8 Å². The maximum absolute atomic E-state index is 4.96. The van der Waals surface area contributed by atoms with Gasteiger partial charge in [-0.25, -0.2) is 11.4 Å². The van der Waals surface area contributed by atoms with Crippen molar-refractivity contribution in [3.05, 3.63) is 12.7 Å². The highest BCUT2D eigenvalue weighted by atomic mass is 15.5. The lowest BCUT2D eigenvalue weighted by Gasteiger charge is -2.02. The Hall–Kier alpha value is -0.830. The second-order valence-corrected chi connectivity index (χ2v) is 2.02. The van der Waals surface area contributed by atoms with E-state index in [0.717, 1.165) is 5.71 Å². The first-order chi connectivity index (χ1) is 4.22. The summed E-state index contributed by atoms with van der Waals surface area (Å²) in [6, 6.07) is 0. The molecule has 0 fully saturated rings. The zero-order chi connectivity index (χ0) is 7.28. The molecule has 0 amide bonds. The first kappa shape index (κ1) is 8.17. The Morgan fingerprint density at radius 1 is 1.78 bits per heavy atom. The van der Waals surface area contributed by atoms with Gasteiger partial charge in [0.2, 0.25) is 0 Å². The number of nitrogens with two attached hydrogens (primary N) is 1. The quantitative estimate of drug-likeness (QED) is 0.332. The van der Waals surface area contributed by atoms with Crippen LogP contribution in [0.1, 0.15) is 13.8 Å². The van der Waals surface area contributed by atoms with E-state index in [9.17, 15) is 0 Å². The van der Waals surface area contributed by atoms with Crippen LogP contribution in [0, 0.1) is 5.92 Å². The Kier molecular flexibility index (Phi) is 3.71. The molecule has 0 atom stereocenters. The SMILES string of the molecule is C=C/C(=N\NN)C(C)C. The average Bonchev–Trinajstić information content (AvgIpc) is 1.82. The van der Waals surface area contributed by atoms with Crippen molar-refractivity contribution in [1.82, 2.24) is 5.53 Å². The Bertz CT molecular complexity index is 115. The van der Waals surface area contributed by atoms with Crippen LogP contribution in [0.2, 0.25) is 0 Å². The number of allylic oxidation sites excluding steroid dienone is 1. The van der Waals surface area contributed by atoms with Crippen LogP contribution < -0.4 is 11.4 Å². The van der Waals surface area contributed by atoms with Crippen molar-refractivity contribution < 1.29 is 0 Å². The van der Waals surface area contributed by atoms with Crippen molar-refractivity contribution in [3.63, 3.8) is 0 Å². The minimum absolute atomic E-state index is 0.374. The zero-order valence-electron chi connectivity index (χ0n) is 5.89. The Labute approximate surface area is 55.6 Å². The Morgan fingerprint density at radius 2 is 2.33 bits per heavy atom. The van der Waals surface area contributed by atoms with E-state index in [0.29, 0.717) is 5.92 Å². The fourth-order valence-corrected chi connectivity index (χ4v) is 0.485. The number of hydrazine groups is 1. The van der Waals surface area contributed by atoms with Gasteiger partial charge in [0.25, 0.3) is 0 Å². The highest BCUT2D eigenvalue weighted by molar-refractivity contribution is 5.95. The topological polar surface area (TPSA) is 50.4 Å². The van der Waals surface area contributed by atoms with E-state index in [-0.39, 0.29) is 0 Å². The predicted molar refractivity (Wildman–Crippen MR) is 39.8 cm³/mol. The Morgan fingerprint density at radius 3 is 2.44 bits per heavy atom. The molecule has 0 spiro atoms. The first-order valence-corrected chi connectivity index (χ1v) is 2.88. The second-order valence-electron chi connectivity index (χ2n) is 2.02. The van der Waals surface area contributed by atoms with Crippen LogP contribution in [0.4, 0.5) is 0 Å². The molecule has 0 aliphatic carbocycles. The van der Waals surface area contributed by atoms with Crippen LogP contribution in [0.15, 0.2) is 17.8 Å².